The molecule has 0 aliphatic rings. The van der Waals surface area contributed by atoms with Crippen LogP contribution in [0.15, 0.2) is 48.5 Å². The maximum absolute atomic E-state index is 11.1. The number of carboxylic acids is 1. The predicted molar refractivity (Wildman–Crippen MR) is 103 cm³/mol. The van der Waals surface area contributed by atoms with Crippen molar-refractivity contribution in [2.45, 2.75) is 20.8 Å². The average Bonchev–Trinajstić information content (AvgIpc) is 2.58. The van der Waals surface area contributed by atoms with Crippen LogP contribution in [0.2, 0.25) is 0 Å². The van der Waals surface area contributed by atoms with Crippen molar-refractivity contribution in [2.75, 3.05) is 10.6 Å². The summed E-state index contributed by atoms with van der Waals surface area (Å²) in [6.07, 6.45) is 0. The van der Waals surface area contributed by atoms with E-state index >= 15 is 0 Å². The van der Waals surface area contributed by atoms with E-state index in [9.17, 15) is 4.79 Å². The zero-order valence-corrected chi connectivity index (χ0v) is 14.9. The molecular formula is C20H20N4O2. The van der Waals surface area contributed by atoms with Crippen LogP contribution in [0.3, 0.4) is 0 Å². The highest BCUT2D eigenvalue weighted by Gasteiger charge is 2.07. The molecule has 3 N–H and O–H groups in total. The van der Waals surface area contributed by atoms with Gasteiger partial charge >= 0.3 is 5.97 Å². The first-order valence-corrected chi connectivity index (χ1v) is 8.21. The monoisotopic (exact) mass is 348 g/mol. The number of rotatable bonds is 5. The van der Waals surface area contributed by atoms with Crippen molar-refractivity contribution in [1.82, 2.24) is 9.97 Å². The van der Waals surface area contributed by atoms with Gasteiger partial charge in [0.05, 0.1) is 5.56 Å². The van der Waals surface area contributed by atoms with Crippen LogP contribution < -0.4 is 10.6 Å². The van der Waals surface area contributed by atoms with E-state index in [1.807, 2.05) is 20.8 Å². The van der Waals surface area contributed by atoms with Gasteiger partial charge in [0.25, 0.3) is 0 Å². The van der Waals surface area contributed by atoms with Crippen molar-refractivity contribution < 1.29 is 9.90 Å². The van der Waals surface area contributed by atoms with Crippen LogP contribution in [0.5, 0.6) is 0 Å². The molecule has 1 aromatic heterocycles. The van der Waals surface area contributed by atoms with Crippen LogP contribution in [0.25, 0.3) is 0 Å². The molecular weight excluding hydrogens is 328 g/mol. The van der Waals surface area contributed by atoms with Gasteiger partial charge in [-0.1, -0.05) is 18.2 Å². The van der Waals surface area contributed by atoms with E-state index in [2.05, 4.69) is 38.8 Å². The Labute approximate surface area is 152 Å². The van der Waals surface area contributed by atoms with Crippen molar-refractivity contribution in [3.05, 3.63) is 71.0 Å². The van der Waals surface area contributed by atoms with E-state index in [0.717, 1.165) is 16.8 Å². The number of nitrogens with zero attached hydrogens (tertiary/aromatic N) is 2. The summed E-state index contributed by atoms with van der Waals surface area (Å²) >= 11 is 0. The highest BCUT2D eigenvalue weighted by atomic mass is 16.4. The first kappa shape index (κ1) is 17.4. The minimum Gasteiger partial charge on any atom is -0.478 e. The molecule has 0 spiro atoms. The molecule has 0 atom stereocenters. The van der Waals surface area contributed by atoms with Gasteiger partial charge in [0, 0.05) is 17.4 Å². The Morgan fingerprint density at radius 2 is 1.65 bits per heavy atom. The maximum Gasteiger partial charge on any atom is 0.335 e. The number of carbonyl (C=O) groups is 1. The first-order chi connectivity index (χ1) is 12.4. The Morgan fingerprint density at radius 3 is 2.38 bits per heavy atom. The molecule has 0 saturated heterocycles. The lowest BCUT2D eigenvalue weighted by molar-refractivity contribution is 0.0697. The molecule has 1 heterocycles. The fourth-order valence-electron chi connectivity index (χ4n) is 2.58. The van der Waals surface area contributed by atoms with E-state index in [1.54, 1.807) is 30.3 Å². The smallest absolute Gasteiger partial charge is 0.335 e. The molecule has 0 bridgehead atoms. The molecule has 6 nitrogen and oxygen atoms in total. The molecule has 0 saturated carbocycles. The highest BCUT2D eigenvalue weighted by Crippen LogP contribution is 2.23. The summed E-state index contributed by atoms with van der Waals surface area (Å²) in [5.41, 5.74) is 4.14. The number of aryl methyl sites for hydroxylation is 3. The Hall–Kier alpha value is -3.41. The summed E-state index contributed by atoms with van der Waals surface area (Å²) in [7, 11) is 0. The molecule has 0 aliphatic heterocycles. The number of nitrogens with one attached hydrogen (secondary N) is 2. The Kier molecular flexibility index (Phi) is 4.84. The summed E-state index contributed by atoms with van der Waals surface area (Å²) in [5.74, 6) is 0.901. The zero-order chi connectivity index (χ0) is 18.7. The van der Waals surface area contributed by atoms with E-state index in [0.29, 0.717) is 23.1 Å². The number of benzene rings is 2. The van der Waals surface area contributed by atoms with E-state index in [4.69, 9.17) is 5.11 Å². The maximum atomic E-state index is 11.1. The average molecular weight is 348 g/mol. The van der Waals surface area contributed by atoms with Gasteiger partial charge in [-0.2, -0.15) is 0 Å². The van der Waals surface area contributed by atoms with Crippen molar-refractivity contribution in [3.63, 3.8) is 0 Å². The second-order valence-electron chi connectivity index (χ2n) is 6.14. The molecule has 0 fully saturated rings. The lowest BCUT2D eigenvalue weighted by Gasteiger charge is -2.12. The lowest BCUT2D eigenvalue weighted by Crippen LogP contribution is -2.03. The van der Waals surface area contributed by atoms with Gasteiger partial charge < -0.3 is 15.7 Å². The van der Waals surface area contributed by atoms with Crippen LogP contribution in [-0.4, -0.2) is 21.0 Å². The SMILES string of the molecule is Cc1ccc(C)c(Nc2cc(Nc3cccc(C(=O)O)c3)nc(C)n2)c1. The Balaban J connectivity index is 1.87. The predicted octanol–water partition coefficient (Wildman–Crippen LogP) is 4.59. The van der Waals surface area contributed by atoms with Gasteiger partial charge in [-0.3, -0.25) is 0 Å². The number of hydrogen-bond acceptors (Lipinski definition) is 5. The van der Waals surface area contributed by atoms with Crippen molar-refractivity contribution in [2.24, 2.45) is 0 Å². The number of hydrogen-bond donors (Lipinski definition) is 3. The van der Waals surface area contributed by atoms with E-state index in [1.165, 1.54) is 0 Å². The van der Waals surface area contributed by atoms with Gasteiger partial charge in [0.2, 0.25) is 0 Å². The molecule has 26 heavy (non-hydrogen) atoms. The minimum atomic E-state index is -0.968. The minimum absolute atomic E-state index is 0.217. The van der Waals surface area contributed by atoms with E-state index in [-0.39, 0.29) is 5.56 Å². The fourth-order valence-corrected chi connectivity index (χ4v) is 2.58. The van der Waals surface area contributed by atoms with Gasteiger partial charge in [-0.05, 0) is 56.2 Å². The van der Waals surface area contributed by atoms with Crippen molar-refractivity contribution in [3.8, 4) is 0 Å². The van der Waals surface area contributed by atoms with Crippen LogP contribution >= 0.6 is 0 Å². The molecule has 0 unspecified atom stereocenters. The molecule has 6 heteroatoms. The molecule has 0 amide bonds. The number of carboxylic acid groups (broad SMARTS) is 1. The summed E-state index contributed by atoms with van der Waals surface area (Å²) in [4.78, 5) is 19.9. The van der Waals surface area contributed by atoms with Crippen LogP contribution in [0.1, 0.15) is 27.3 Å². The third-order valence-corrected chi connectivity index (χ3v) is 3.88. The Bertz CT molecular complexity index is 970. The van der Waals surface area contributed by atoms with Crippen molar-refractivity contribution in [1.29, 1.82) is 0 Å². The topological polar surface area (TPSA) is 87.1 Å². The third-order valence-electron chi connectivity index (χ3n) is 3.88. The molecule has 132 valence electrons. The molecule has 3 aromatic rings. The first-order valence-electron chi connectivity index (χ1n) is 8.21. The molecule has 0 aliphatic carbocycles. The van der Waals surface area contributed by atoms with Gasteiger partial charge in [0.1, 0.15) is 17.5 Å². The second-order valence-corrected chi connectivity index (χ2v) is 6.14. The molecule has 2 aromatic carbocycles. The van der Waals surface area contributed by atoms with Crippen LogP contribution in [0.4, 0.5) is 23.0 Å². The number of aromatic nitrogens is 2. The standard InChI is InChI=1S/C20H20N4O2/c1-12-7-8-13(2)17(9-12)24-19-11-18(21-14(3)22-19)23-16-6-4-5-15(10-16)20(25)26/h4-11H,1-3H3,(H,25,26)(H2,21,22,23,24). The third kappa shape index (κ3) is 4.16. The quantitative estimate of drug-likeness (QED) is 0.625. The summed E-state index contributed by atoms with van der Waals surface area (Å²) in [6, 6.07) is 14.6. The lowest BCUT2D eigenvalue weighted by atomic mass is 10.1. The number of aromatic carboxylic acids is 1. The normalized spacial score (nSPS) is 10.4. The zero-order valence-electron chi connectivity index (χ0n) is 14.9. The molecule has 0 radical (unpaired) electrons. The summed E-state index contributed by atoms with van der Waals surface area (Å²) < 4.78 is 0. The van der Waals surface area contributed by atoms with Gasteiger partial charge in [-0.25, -0.2) is 14.8 Å². The second kappa shape index (κ2) is 7.23. The van der Waals surface area contributed by atoms with E-state index < -0.39 is 5.97 Å². The van der Waals surface area contributed by atoms with Gasteiger partial charge in [-0.15, -0.1) is 0 Å². The van der Waals surface area contributed by atoms with Crippen LogP contribution in [-0.2, 0) is 0 Å². The van der Waals surface area contributed by atoms with Crippen molar-refractivity contribution >= 4 is 29.0 Å². The number of anilines is 4. The largest absolute Gasteiger partial charge is 0.478 e. The fraction of sp³-hybridized carbons (Fsp3) is 0.150. The van der Waals surface area contributed by atoms with Gasteiger partial charge in [0.15, 0.2) is 0 Å². The summed E-state index contributed by atoms with van der Waals surface area (Å²) in [5, 5.41) is 15.6. The molecule has 3 rings (SSSR count). The van der Waals surface area contributed by atoms with Crippen LogP contribution in [0, 0.1) is 20.8 Å². The highest BCUT2D eigenvalue weighted by molar-refractivity contribution is 5.89. The Morgan fingerprint density at radius 1 is 0.923 bits per heavy atom. The summed E-state index contributed by atoms with van der Waals surface area (Å²) in [6.45, 7) is 5.89.